The van der Waals surface area contributed by atoms with Crippen molar-refractivity contribution in [3.8, 4) is 0 Å². The van der Waals surface area contributed by atoms with Crippen LogP contribution in [0.15, 0.2) is 0 Å². The van der Waals surface area contributed by atoms with Crippen molar-refractivity contribution in [2.24, 2.45) is 5.41 Å². The van der Waals surface area contributed by atoms with Crippen molar-refractivity contribution in [1.82, 2.24) is 5.32 Å². The molecular weight excluding hydrogens is 122 g/mol. The second kappa shape index (κ2) is 2.91. The van der Waals surface area contributed by atoms with E-state index in [1.54, 1.807) is 0 Å². The van der Waals surface area contributed by atoms with Gasteiger partial charge in [-0.2, -0.15) is 0 Å². The molecule has 0 radical (unpaired) electrons. The van der Waals surface area contributed by atoms with E-state index < -0.39 is 0 Å². The molecule has 1 nitrogen and oxygen atoms in total. The molecule has 1 aliphatic rings. The van der Waals surface area contributed by atoms with Crippen molar-refractivity contribution in [1.29, 1.82) is 0 Å². The van der Waals surface area contributed by atoms with Crippen molar-refractivity contribution >= 4 is 0 Å². The molecule has 0 saturated heterocycles. The molecule has 1 rings (SSSR count). The highest BCUT2D eigenvalue weighted by Gasteiger charge is 2.25. The molecule has 1 aliphatic carbocycles. The Morgan fingerprint density at radius 2 is 1.70 bits per heavy atom. The Hall–Kier alpha value is -0.0400. The first-order valence-electron chi connectivity index (χ1n) is 4.31. The van der Waals surface area contributed by atoms with Crippen molar-refractivity contribution in [2.45, 2.75) is 45.6 Å². The smallest absolute Gasteiger partial charge is 0.00644 e. The van der Waals surface area contributed by atoms with Gasteiger partial charge in [0.1, 0.15) is 0 Å². The van der Waals surface area contributed by atoms with Crippen LogP contribution in [0.4, 0.5) is 0 Å². The zero-order valence-corrected chi connectivity index (χ0v) is 7.41. The molecule has 0 amide bonds. The van der Waals surface area contributed by atoms with Crippen LogP contribution in [0.3, 0.4) is 0 Å². The van der Waals surface area contributed by atoms with Crippen LogP contribution in [0.5, 0.6) is 0 Å². The molecule has 0 aromatic rings. The lowest BCUT2D eigenvalue weighted by molar-refractivity contribution is 0.211. The predicted molar refractivity (Wildman–Crippen MR) is 45.1 cm³/mol. The van der Waals surface area contributed by atoms with Gasteiger partial charge in [-0.3, -0.25) is 0 Å². The highest BCUT2D eigenvalue weighted by Crippen LogP contribution is 2.34. The minimum atomic E-state index is 0.618. The molecule has 1 fully saturated rings. The number of nitrogens with one attached hydrogen (secondary N) is 1. The van der Waals surface area contributed by atoms with Crippen LogP contribution in [0, 0.1) is 5.41 Å². The Morgan fingerprint density at radius 1 is 1.20 bits per heavy atom. The monoisotopic (exact) mass is 141 g/mol. The van der Waals surface area contributed by atoms with Crippen LogP contribution in [-0.2, 0) is 0 Å². The first-order chi connectivity index (χ1) is 4.64. The van der Waals surface area contributed by atoms with E-state index in [9.17, 15) is 0 Å². The summed E-state index contributed by atoms with van der Waals surface area (Å²) in [7, 11) is 2.07. The van der Waals surface area contributed by atoms with Crippen molar-refractivity contribution in [3.05, 3.63) is 0 Å². The molecule has 1 N–H and O–H groups in total. The van der Waals surface area contributed by atoms with Gasteiger partial charge in [0.2, 0.25) is 0 Å². The fraction of sp³-hybridized carbons (Fsp3) is 1.00. The Labute approximate surface area is 64.2 Å². The van der Waals surface area contributed by atoms with Crippen molar-refractivity contribution in [2.75, 3.05) is 7.05 Å². The standard InChI is InChI=1S/C9H19N/c1-9(2)6-4-8(10-3)5-7-9/h8,10H,4-7H2,1-3H3. The molecule has 0 aliphatic heterocycles. The maximum Gasteiger partial charge on any atom is 0.00644 e. The molecule has 10 heavy (non-hydrogen) atoms. The lowest BCUT2D eigenvalue weighted by Crippen LogP contribution is -2.33. The lowest BCUT2D eigenvalue weighted by Gasteiger charge is -2.33. The van der Waals surface area contributed by atoms with E-state index >= 15 is 0 Å². The summed E-state index contributed by atoms with van der Waals surface area (Å²) in [5.74, 6) is 0. The van der Waals surface area contributed by atoms with E-state index in [2.05, 4.69) is 26.2 Å². The van der Waals surface area contributed by atoms with Gasteiger partial charge >= 0.3 is 0 Å². The second-order valence-corrected chi connectivity index (χ2v) is 4.23. The fourth-order valence-electron chi connectivity index (χ4n) is 1.69. The van der Waals surface area contributed by atoms with E-state index in [4.69, 9.17) is 0 Å². The zero-order valence-electron chi connectivity index (χ0n) is 7.41. The number of hydrogen-bond donors (Lipinski definition) is 1. The summed E-state index contributed by atoms with van der Waals surface area (Å²) < 4.78 is 0. The summed E-state index contributed by atoms with van der Waals surface area (Å²) in [4.78, 5) is 0. The first kappa shape index (κ1) is 8.06. The summed E-state index contributed by atoms with van der Waals surface area (Å²) in [6.45, 7) is 4.75. The van der Waals surface area contributed by atoms with Crippen LogP contribution in [-0.4, -0.2) is 13.1 Å². The van der Waals surface area contributed by atoms with Gasteiger partial charge in [-0.1, -0.05) is 13.8 Å². The highest BCUT2D eigenvalue weighted by molar-refractivity contribution is 4.80. The minimum Gasteiger partial charge on any atom is -0.317 e. The highest BCUT2D eigenvalue weighted by atomic mass is 14.9. The Bertz CT molecular complexity index is 97.3. The molecule has 0 heterocycles. The molecule has 0 spiro atoms. The molecule has 1 saturated carbocycles. The third kappa shape index (κ3) is 1.98. The minimum absolute atomic E-state index is 0.618. The van der Waals surface area contributed by atoms with Crippen LogP contribution in [0.2, 0.25) is 0 Å². The SMILES string of the molecule is CNC1CCC(C)(C)CC1. The molecular formula is C9H19N. The summed E-state index contributed by atoms with van der Waals surface area (Å²) in [6.07, 6.45) is 5.50. The van der Waals surface area contributed by atoms with Gasteiger partial charge in [-0.05, 0) is 38.1 Å². The van der Waals surface area contributed by atoms with E-state index in [0.717, 1.165) is 6.04 Å². The zero-order chi connectivity index (χ0) is 7.61. The number of rotatable bonds is 1. The van der Waals surface area contributed by atoms with Gasteiger partial charge in [0.05, 0.1) is 0 Å². The van der Waals surface area contributed by atoms with Gasteiger partial charge in [0, 0.05) is 6.04 Å². The third-order valence-corrected chi connectivity index (χ3v) is 2.75. The Balaban J connectivity index is 2.31. The second-order valence-electron chi connectivity index (χ2n) is 4.23. The fourth-order valence-corrected chi connectivity index (χ4v) is 1.69. The molecule has 0 bridgehead atoms. The van der Waals surface area contributed by atoms with E-state index in [0.29, 0.717) is 5.41 Å². The summed E-state index contributed by atoms with van der Waals surface area (Å²) >= 11 is 0. The normalized spacial score (nSPS) is 26.7. The van der Waals surface area contributed by atoms with Crippen LogP contribution < -0.4 is 5.32 Å². The van der Waals surface area contributed by atoms with Crippen molar-refractivity contribution < 1.29 is 0 Å². The van der Waals surface area contributed by atoms with E-state index in [-0.39, 0.29) is 0 Å². The van der Waals surface area contributed by atoms with Crippen LogP contribution >= 0.6 is 0 Å². The predicted octanol–water partition coefficient (Wildman–Crippen LogP) is 2.17. The average molecular weight is 141 g/mol. The van der Waals surface area contributed by atoms with E-state index in [1.807, 2.05) is 0 Å². The van der Waals surface area contributed by atoms with Crippen LogP contribution in [0.25, 0.3) is 0 Å². The summed E-state index contributed by atoms with van der Waals surface area (Å²) in [5, 5.41) is 3.34. The van der Waals surface area contributed by atoms with Crippen LogP contribution in [0.1, 0.15) is 39.5 Å². The first-order valence-corrected chi connectivity index (χ1v) is 4.31. The molecule has 1 heteroatoms. The summed E-state index contributed by atoms with van der Waals surface area (Å²) in [6, 6.07) is 0.799. The quantitative estimate of drug-likeness (QED) is 0.590. The van der Waals surface area contributed by atoms with Crippen molar-refractivity contribution in [3.63, 3.8) is 0 Å². The Kier molecular flexibility index (Phi) is 2.35. The topological polar surface area (TPSA) is 12.0 Å². The van der Waals surface area contributed by atoms with Gasteiger partial charge in [0.25, 0.3) is 0 Å². The third-order valence-electron chi connectivity index (χ3n) is 2.75. The molecule has 0 atom stereocenters. The average Bonchev–Trinajstić information content (AvgIpc) is 1.88. The summed E-state index contributed by atoms with van der Waals surface area (Å²) in [5.41, 5.74) is 0.618. The maximum absolute atomic E-state index is 3.34. The maximum atomic E-state index is 3.34. The molecule has 0 unspecified atom stereocenters. The molecule has 60 valence electrons. The van der Waals surface area contributed by atoms with E-state index in [1.165, 1.54) is 25.7 Å². The molecule has 0 aromatic carbocycles. The largest absolute Gasteiger partial charge is 0.317 e. The lowest BCUT2D eigenvalue weighted by atomic mass is 9.76. The van der Waals surface area contributed by atoms with Gasteiger partial charge in [0.15, 0.2) is 0 Å². The van der Waals surface area contributed by atoms with Gasteiger partial charge in [-0.25, -0.2) is 0 Å². The van der Waals surface area contributed by atoms with Gasteiger partial charge in [-0.15, -0.1) is 0 Å². The molecule has 0 aromatic heterocycles. The number of hydrogen-bond acceptors (Lipinski definition) is 1. The van der Waals surface area contributed by atoms with Gasteiger partial charge < -0.3 is 5.32 Å². The Morgan fingerprint density at radius 3 is 2.10 bits per heavy atom.